The number of methoxy groups -OCH3 is 1. The number of ether oxygens (including phenoxy) is 2. The Morgan fingerprint density at radius 1 is 1.10 bits per heavy atom. The van der Waals surface area contributed by atoms with E-state index < -0.39 is 12.0 Å². The monoisotopic (exact) mass is 790 g/mol. The van der Waals surface area contributed by atoms with Crippen LogP contribution in [0.5, 0.6) is 5.75 Å². The second-order valence-electron chi connectivity index (χ2n) is 9.76. The number of thiazole rings is 1. The smallest absolute Gasteiger partial charge is 0.338 e. The van der Waals surface area contributed by atoms with Crippen LogP contribution in [0.4, 0.5) is 0 Å². The summed E-state index contributed by atoms with van der Waals surface area (Å²) in [5.74, 6) is 0.559. The molecule has 0 radical (unpaired) electrons. The molecule has 1 aliphatic rings. The van der Waals surface area contributed by atoms with Gasteiger partial charge < -0.3 is 9.47 Å². The Morgan fingerprint density at radius 2 is 1.80 bits per heavy atom. The quantitative estimate of drug-likeness (QED) is 0.164. The Labute approximate surface area is 269 Å². The number of nitrogens with zero attached hydrogens (tertiary/aromatic N) is 2. The van der Waals surface area contributed by atoms with Crippen LogP contribution in [0.2, 0.25) is 0 Å². The van der Waals surface area contributed by atoms with Crippen molar-refractivity contribution in [1.82, 2.24) is 4.57 Å². The molecular weight excluding hydrogens is 762 g/mol. The lowest BCUT2D eigenvalue weighted by molar-refractivity contribution is -0.138. The molecule has 0 amide bonds. The molecule has 4 aromatic rings. The SMILES string of the molecule is CCOC(=O)C1=C(c2ccccc2)N=c2s/c(=C\c3cc(I)cc(I)c3OC)c(=O)n2[C@@H]1c1ccc(C(C)C)cc1. The van der Waals surface area contributed by atoms with E-state index in [1.807, 2.05) is 60.7 Å². The largest absolute Gasteiger partial charge is 0.495 e. The highest BCUT2D eigenvalue weighted by atomic mass is 127. The summed E-state index contributed by atoms with van der Waals surface area (Å²) in [6, 6.07) is 21.0. The molecule has 0 saturated heterocycles. The summed E-state index contributed by atoms with van der Waals surface area (Å²) in [4.78, 5) is 33.3. The molecule has 9 heteroatoms. The molecule has 0 aliphatic carbocycles. The van der Waals surface area contributed by atoms with Gasteiger partial charge in [0.1, 0.15) is 5.75 Å². The van der Waals surface area contributed by atoms with Crippen LogP contribution < -0.4 is 19.6 Å². The normalized spacial score (nSPS) is 15.1. The summed E-state index contributed by atoms with van der Waals surface area (Å²) in [5.41, 5.74) is 4.20. The lowest BCUT2D eigenvalue weighted by atomic mass is 9.91. The molecule has 0 unspecified atom stereocenters. The molecule has 1 aliphatic heterocycles. The van der Waals surface area contributed by atoms with Crippen LogP contribution in [0.25, 0.3) is 11.8 Å². The maximum atomic E-state index is 14.2. The Balaban J connectivity index is 1.83. The van der Waals surface area contributed by atoms with Gasteiger partial charge in [0, 0.05) is 14.7 Å². The molecule has 0 saturated carbocycles. The third kappa shape index (κ3) is 5.94. The van der Waals surface area contributed by atoms with Crippen molar-refractivity contribution < 1.29 is 14.3 Å². The third-order valence-electron chi connectivity index (χ3n) is 6.82. The van der Waals surface area contributed by atoms with E-state index in [9.17, 15) is 9.59 Å². The van der Waals surface area contributed by atoms with Crippen LogP contribution in [0, 0.1) is 7.14 Å². The Kier molecular flexibility index (Phi) is 9.15. The lowest BCUT2D eigenvalue weighted by Gasteiger charge is -2.26. The zero-order valence-electron chi connectivity index (χ0n) is 23.0. The molecule has 0 N–H and O–H groups in total. The summed E-state index contributed by atoms with van der Waals surface area (Å²) in [7, 11) is 1.63. The fourth-order valence-corrected chi connectivity index (χ4v) is 7.96. The predicted octanol–water partition coefficient (Wildman–Crippen LogP) is 6.28. The number of carbonyl (C=O) groups excluding carboxylic acids is 1. The molecule has 0 spiro atoms. The first-order valence-electron chi connectivity index (χ1n) is 13.1. The van der Waals surface area contributed by atoms with Gasteiger partial charge in [0.15, 0.2) is 4.80 Å². The third-order valence-corrected chi connectivity index (χ3v) is 9.23. The fourth-order valence-electron chi connectivity index (χ4n) is 4.86. The molecule has 6 nitrogen and oxygen atoms in total. The van der Waals surface area contributed by atoms with E-state index in [0.29, 0.717) is 32.3 Å². The standard InChI is InChI=1S/C32H28I2N2O4S/c1-5-40-31(38)26-27(20-9-7-6-8-10-20)35-32-36(28(26)21-13-11-19(12-14-21)18(2)3)30(37)25(41-32)16-22-15-23(33)17-24(34)29(22)39-4/h6-18,28H,5H2,1-4H3/b25-16-/t28-/m1/s1. The topological polar surface area (TPSA) is 69.9 Å². The molecule has 210 valence electrons. The number of esters is 1. The van der Waals surface area contributed by atoms with Crippen LogP contribution in [-0.4, -0.2) is 24.3 Å². The van der Waals surface area contributed by atoms with Gasteiger partial charge in [-0.25, -0.2) is 9.79 Å². The van der Waals surface area contributed by atoms with Crippen LogP contribution in [0.1, 0.15) is 55.0 Å². The molecule has 3 aromatic carbocycles. The van der Waals surface area contributed by atoms with Gasteiger partial charge in [0.25, 0.3) is 5.56 Å². The summed E-state index contributed by atoms with van der Waals surface area (Å²) in [6.45, 7) is 6.25. The number of hydrogen-bond donors (Lipinski definition) is 0. The van der Waals surface area contributed by atoms with Gasteiger partial charge in [-0.3, -0.25) is 9.36 Å². The van der Waals surface area contributed by atoms with E-state index in [1.54, 1.807) is 18.6 Å². The first-order chi connectivity index (χ1) is 19.7. The fraction of sp³-hybridized carbons (Fsp3) is 0.219. The van der Waals surface area contributed by atoms with Crippen molar-refractivity contribution in [1.29, 1.82) is 0 Å². The van der Waals surface area contributed by atoms with Gasteiger partial charge in [-0.2, -0.15) is 0 Å². The van der Waals surface area contributed by atoms with E-state index >= 15 is 0 Å². The maximum absolute atomic E-state index is 14.2. The highest BCUT2D eigenvalue weighted by molar-refractivity contribution is 14.1. The Morgan fingerprint density at radius 3 is 2.44 bits per heavy atom. The summed E-state index contributed by atoms with van der Waals surface area (Å²) >= 11 is 5.80. The number of rotatable bonds is 7. The molecule has 1 atom stereocenters. The molecule has 1 aromatic heterocycles. The van der Waals surface area contributed by atoms with Gasteiger partial charge in [0.2, 0.25) is 0 Å². The highest BCUT2D eigenvalue weighted by Crippen LogP contribution is 2.36. The average molecular weight is 790 g/mol. The van der Waals surface area contributed by atoms with E-state index in [4.69, 9.17) is 14.5 Å². The molecule has 0 bridgehead atoms. The second kappa shape index (κ2) is 12.6. The van der Waals surface area contributed by atoms with Crippen LogP contribution in [-0.2, 0) is 9.53 Å². The van der Waals surface area contributed by atoms with Crippen LogP contribution >= 0.6 is 56.5 Å². The highest BCUT2D eigenvalue weighted by Gasteiger charge is 2.35. The second-order valence-corrected chi connectivity index (χ2v) is 13.2. The van der Waals surface area contributed by atoms with Crippen molar-refractivity contribution in [3.63, 3.8) is 0 Å². The first-order valence-corrected chi connectivity index (χ1v) is 16.1. The molecular formula is C32H28I2N2O4S. The zero-order chi connectivity index (χ0) is 29.3. The first kappa shape index (κ1) is 29.7. The molecule has 5 rings (SSSR count). The summed E-state index contributed by atoms with van der Waals surface area (Å²) in [6.07, 6.45) is 1.85. The van der Waals surface area contributed by atoms with E-state index in [-0.39, 0.29) is 12.2 Å². The van der Waals surface area contributed by atoms with Crippen molar-refractivity contribution in [3.8, 4) is 5.75 Å². The minimum atomic E-state index is -0.707. The number of benzene rings is 3. The van der Waals surface area contributed by atoms with Gasteiger partial charge in [-0.15, -0.1) is 0 Å². The van der Waals surface area contributed by atoms with Crippen LogP contribution in [0.15, 0.2) is 82.1 Å². The maximum Gasteiger partial charge on any atom is 0.338 e. The minimum absolute atomic E-state index is 0.207. The number of hydrogen-bond acceptors (Lipinski definition) is 6. The van der Waals surface area contributed by atoms with Crippen molar-refractivity contribution in [3.05, 3.63) is 121 Å². The zero-order valence-corrected chi connectivity index (χ0v) is 28.1. The number of fused-ring (bicyclic) bond motifs is 1. The molecule has 0 fully saturated rings. The van der Waals surface area contributed by atoms with E-state index in [1.165, 1.54) is 16.9 Å². The van der Waals surface area contributed by atoms with E-state index in [0.717, 1.165) is 23.8 Å². The minimum Gasteiger partial charge on any atom is -0.495 e. The van der Waals surface area contributed by atoms with Gasteiger partial charge in [-0.1, -0.05) is 79.8 Å². The van der Waals surface area contributed by atoms with Crippen molar-refractivity contribution in [2.45, 2.75) is 32.7 Å². The summed E-state index contributed by atoms with van der Waals surface area (Å²) in [5, 5.41) is 0. The Bertz CT molecular complexity index is 1820. The van der Waals surface area contributed by atoms with Gasteiger partial charge in [0.05, 0.1) is 39.1 Å². The van der Waals surface area contributed by atoms with Crippen LogP contribution in [0.3, 0.4) is 0 Å². The van der Waals surface area contributed by atoms with Gasteiger partial charge >= 0.3 is 5.97 Å². The average Bonchev–Trinajstić information content (AvgIpc) is 3.26. The van der Waals surface area contributed by atoms with E-state index in [2.05, 4.69) is 71.2 Å². The summed E-state index contributed by atoms with van der Waals surface area (Å²) < 4.78 is 15.4. The predicted molar refractivity (Wildman–Crippen MR) is 180 cm³/mol. The number of halogens is 2. The van der Waals surface area contributed by atoms with Crippen molar-refractivity contribution >= 4 is 74.3 Å². The molecule has 41 heavy (non-hydrogen) atoms. The lowest BCUT2D eigenvalue weighted by Crippen LogP contribution is -2.40. The van der Waals surface area contributed by atoms with Crippen molar-refractivity contribution in [2.75, 3.05) is 13.7 Å². The van der Waals surface area contributed by atoms with Gasteiger partial charge in [-0.05, 0) is 87.4 Å². The number of carbonyl (C=O) groups is 1. The van der Waals surface area contributed by atoms with Crippen molar-refractivity contribution in [2.24, 2.45) is 4.99 Å². The Hall–Kier alpha value is -2.77. The molecule has 2 heterocycles. The number of aromatic nitrogens is 1.